The van der Waals surface area contributed by atoms with Gasteiger partial charge in [0.15, 0.2) is 6.29 Å². The smallest absolute Gasteiger partial charge is 0.197 e. The van der Waals surface area contributed by atoms with Gasteiger partial charge in [0.2, 0.25) is 0 Å². The first-order valence-corrected chi connectivity index (χ1v) is 8.66. The van der Waals surface area contributed by atoms with Crippen molar-refractivity contribution in [2.75, 3.05) is 27.2 Å². The summed E-state index contributed by atoms with van der Waals surface area (Å²) in [7, 11) is 3.49. The highest BCUT2D eigenvalue weighted by Crippen LogP contribution is 2.22. The molecule has 0 aromatic heterocycles. The van der Waals surface area contributed by atoms with Crippen LogP contribution < -0.4 is 20.7 Å². The number of hydrogen-bond acceptors (Lipinski definition) is 6. The van der Waals surface area contributed by atoms with Gasteiger partial charge in [-0.15, -0.1) is 0 Å². The molecule has 6 nitrogen and oxygen atoms in total. The molecule has 1 aromatic carbocycles. The van der Waals surface area contributed by atoms with Crippen LogP contribution in [0.3, 0.4) is 0 Å². The van der Waals surface area contributed by atoms with Crippen molar-refractivity contribution in [1.29, 1.82) is 0 Å². The monoisotopic (exact) mass is 339 g/mol. The van der Waals surface area contributed by atoms with Crippen LogP contribution in [-0.4, -0.2) is 51.0 Å². The third kappa shape index (κ3) is 7.15. The number of ether oxygens (including phenoxy) is 2. The van der Waals surface area contributed by atoms with Crippen LogP contribution in [0.4, 0.5) is 0 Å². The first-order chi connectivity index (χ1) is 11.5. The third-order valence-corrected chi connectivity index (χ3v) is 4.10. The lowest BCUT2D eigenvalue weighted by Crippen LogP contribution is -2.54. The van der Waals surface area contributed by atoms with Crippen LogP contribution in [0.1, 0.15) is 38.7 Å². The fourth-order valence-electron chi connectivity index (χ4n) is 2.31. The van der Waals surface area contributed by atoms with E-state index in [1.807, 2.05) is 19.1 Å². The lowest BCUT2D eigenvalue weighted by Gasteiger charge is -2.23. The molecule has 0 amide bonds. The molecule has 4 N–H and O–H groups in total. The number of benzene rings is 1. The summed E-state index contributed by atoms with van der Waals surface area (Å²) in [5.41, 5.74) is 1.32. The second kappa shape index (κ2) is 11.4. The van der Waals surface area contributed by atoms with E-state index in [0.29, 0.717) is 19.1 Å². The molecule has 138 valence electrons. The van der Waals surface area contributed by atoms with Crippen LogP contribution in [0, 0.1) is 0 Å². The van der Waals surface area contributed by atoms with Crippen molar-refractivity contribution in [2.24, 2.45) is 0 Å². The minimum Gasteiger partial charge on any atom is -0.465 e. The van der Waals surface area contributed by atoms with Crippen molar-refractivity contribution in [2.45, 2.75) is 51.8 Å². The van der Waals surface area contributed by atoms with Gasteiger partial charge >= 0.3 is 0 Å². The largest absolute Gasteiger partial charge is 0.465 e. The molecule has 6 heteroatoms. The number of aliphatic hydroxyl groups is 1. The molecule has 1 aromatic rings. The minimum absolute atomic E-state index is 0.233. The van der Waals surface area contributed by atoms with E-state index in [1.54, 1.807) is 14.1 Å². The zero-order valence-electron chi connectivity index (χ0n) is 15.5. The zero-order chi connectivity index (χ0) is 17.9. The second-order valence-corrected chi connectivity index (χ2v) is 5.89. The summed E-state index contributed by atoms with van der Waals surface area (Å²) in [6, 6.07) is 8.18. The SMILES string of the molecule is CCC(C)c1ccc(OC(C)OCCNC(NC)C(O)NC)cc1. The van der Waals surface area contributed by atoms with Crippen molar-refractivity contribution >= 4 is 0 Å². The summed E-state index contributed by atoms with van der Waals surface area (Å²) in [4.78, 5) is 0. The topological polar surface area (TPSA) is 74.8 Å². The molecule has 0 aliphatic carbocycles. The van der Waals surface area contributed by atoms with Crippen molar-refractivity contribution < 1.29 is 14.6 Å². The first-order valence-electron chi connectivity index (χ1n) is 8.66. The van der Waals surface area contributed by atoms with Gasteiger partial charge < -0.3 is 19.9 Å². The highest BCUT2D eigenvalue weighted by atomic mass is 16.7. The highest BCUT2D eigenvalue weighted by Gasteiger charge is 2.14. The Labute approximate surface area is 145 Å². The van der Waals surface area contributed by atoms with Crippen LogP contribution in [0.15, 0.2) is 24.3 Å². The van der Waals surface area contributed by atoms with E-state index in [-0.39, 0.29) is 12.5 Å². The Morgan fingerprint density at radius 3 is 2.29 bits per heavy atom. The fourth-order valence-corrected chi connectivity index (χ4v) is 2.31. The Morgan fingerprint density at radius 1 is 1.08 bits per heavy atom. The highest BCUT2D eigenvalue weighted by molar-refractivity contribution is 5.29. The molecule has 0 aliphatic heterocycles. The Hall–Kier alpha value is -1.18. The predicted octanol–water partition coefficient (Wildman–Crippen LogP) is 1.61. The molecule has 0 fully saturated rings. The maximum Gasteiger partial charge on any atom is 0.197 e. The van der Waals surface area contributed by atoms with Crippen molar-refractivity contribution in [3.8, 4) is 5.75 Å². The number of hydrogen-bond donors (Lipinski definition) is 4. The number of rotatable bonds is 12. The lowest BCUT2D eigenvalue weighted by molar-refractivity contribution is -0.0665. The van der Waals surface area contributed by atoms with Gasteiger partial charge in [0.05, 0.1) is 12.8 Å². The Morgan fingerprint density at radius 2 is 1.75 bits per heavy atom. The Kier molecular flexibility index (Phi) is 9.90. The van der Waals surface area contributed by atoms with Crippen molar-refractivity contribution in [3.63, 3.8) is 0 Å². The number of nitrogens with one attached hydrogen (secondary N) is 3. The molecule has 0 heterocycles. The summed E-state index contributed by atoms with van der Waals surface area (Å²) in [5, 5.41) is 18.6. The summed E-state index contributed by atoms with van der Waals surface area (Å²) in [6.07, 6.45) is -0.0955. The molecule has 0 bridgehead atoms. The summed E-state index contributed by atoms with van der Waals surface area (Å²) < 4.78 is 11.4. The van der Waals surface area contributed by atoms with Crippen molar-refractivity contribution in [1.82, 2.24) is 16.0 Å². The van der Waals surface area contributed by atoms with E-state index in [0.717, 1.165) is 12.2 Å². The predicted molar refractivity (Wildman–Crippen MR) is 97.1 cm³/mol. The molecule has 4 atom stereocenters. The zero-order valence-corrected chi connectivity index (χ0v) is 15.5. The molecule has 24 heavy (non-hydrogen) atoms. The van der Waals surface area contributed by atoms with Crippen LogP contribution in [0.5, 0.6) is 5.75 Å². The maximum atomic E-state index is 9.70. The molecule has 0 saturated heterocycles. The van der Waals surface area contributed by atoms with Gasteiger partial charge in [-0.05, 0) is 51.1 Å². The molecule has 0 spiro atoms. The van der Waals surface area contributed by atoms with Crippen LogP contribution in [-0.2, 0) is 4.74 Å². The third-order valence-electron chi connectivity index (χ3n) is 4.10. The standard InChI is InChI=1S/C18H33N3O3/c1-6-13(2)15-7-9-16(10-8-15)24-14(3)23-12-11-21-17(19-4)18(22)20-5/h7-10,13-14,17-22H,6,11-12H2,1-5H3. The number of likely N-dealkylation sites (N-methyl/N-ethyl adjacent to an activating group) is 2. The van der Waals surface area contributed by atoms with E-state index >= 15 is 0 Å². The van der Waals surface area contributed by atoms with E-state index in [2.05, 4.69) is 41.9 Å². The van der Waals surface area contributed by atoms with Gasteiger partial charge in [0.1, 0.15) is 12.0 Å². The van der Waals surface area contributed by atoms with Gasteiger partial charge in [-0.2, -0.15) is 0 Å². The van der Waals surface area contributed by atoms with Crippen LogP contribution in [0.2, 0.25) is 0 Å². The second-order valence-electron chi connectivity index (χ2n) is 5.89. The summed E-state index contributed by atoms with van der Waals surface area (Å²) >= 11 is 0. The van der Waals surface area contributed by atoms with Gasteiger partial charge in [0.25, 0.3) is 0 Å². The average Bonchev–Trinajstić information content (AvgIpc) is 2.61. The number of aliphatic hydroxyl groups excluding tert-OH is 1. The van der Waals surface area contributed by atoms with Crippen molar-refractivity contribution in [3.05, 3.63) is 29.8 Å². The molecular formula is C18H33N3O3. The Balaban J connectivity index is 2.30. The van der Waals surface area contributed by atoms with E-state index in [9.17, 15) is 5.11 Å². The maximum absolute atomic E-state index is 9.70. The molecule has 4 unspecified atom stereocenters. The van der Waals surface area contributed by atoms with E-state index < -0.39 is 6.23 Å². The summed E-state index contributed by atoms with van der Waals surface area (Å²) in [6.45, 7) is 7.37. The van der Waals surface area contributed by atoms with E-state index in [1.165, 1.54) is 5.56 Å². The van der Waals surface area contributed by atoms with Crippen LogP contribution >= 0.6 is 0 Å². The molecule has 0 radical (unpaired) electrons. The van der Waals surface area contributed by atoms with Gasteiger partial charge in [-0.25, -0.2) is 0 Å². The quantitative estimate of drug-likeness (QED) is 0.342. The van der Waals surface area contributed by atoms with Crippen LogP contribution in [0.25, 0.3) is 0 Å². The van der Waals surface area contributed by atoms with Gasteiger partial charge in [-0.1, -0.05) is 26.0 Å². The molecule has 0 aliphatic rings. The van der Waals surface area contributed by atoms with Gasteiger partial charge in [-0.3, -0.25) is 10.6 Å². The molecular weight excluding hydrogens is 306 g/mol. The first kappa shape index (κ1) is 20.9. The molecule has 0 saturated carbocycles. The minimum atomic E-state index is -0.660. The fraction of sp³-hybridized carbons (Fsp3) is 0.667. The van der Waals surface area contributed by atoms with Gasteiger partial charge in [0, 0.05) is 6.54 Å². The normalized spacial score (nSPS) is 16.4. The molecule has 1 rings (SSSR count). The average molecular weight is 339 g/mol. The lowest BCUT2D eigenvalue weighted by atomic mass is 9.99. The van der Waals surface area contributed by atoms with E-state index in [4.69, 9.17) is 9.47 Å². The Bertz CT molecular complexity index is 442. The summed E-state index contributed by atoms with van der Waals surface area (Å²) in [5.74, 6) is 1.37.